The summed E-state index contributed by atoms with van der Waals surface area (Å²) in [5.41, 5.74) is 1.29. The molecule has 4 heteroatoms. The van der Waals surface area contributed by atoms with Gasteiger partial charge in [0, 0.05) is 13.1 Å². The quantitative estimate of drug-likeness (QED) is 0.821. The van der Waals surface area contributed by atoms with Crippen LogP contribution in [0, 0.1) is 5.92 Å². The van der Waals surface area contributed by atoms with Crippen LogP contribution >= 0.6 is 0 Å². The van der Waals surface area contributed by atoms with Crippen molar-refractivity contribution in [3.05, 3.63) is 35.9 Å². The fourth-order valence-electron chi connectivity index (χ4n) is 2.68. The average molecular weight is 248 g/mol. The van der Waals surface area contributed by atoms with Gasteiger partial charge in [0.05, 0.1) is 0 Å². The summed E-state index contributed by atoms with van der Waals surface area (Å²) in [6, 6.07) is 9.89. The molecule has 0 bridgehead atoms. The third-order valence-electron chi connectivity index (χ3n) is 3.61. The maximum atomic E-state index is 11.1. The number of hydrogen-bond acceptors (Lipinski definition) is 3. The van der Waals surface area contributed by atoms with Crippen molar-refractivity contribution in [2.75, 3.05) is 20.1 Å². The van der Waals surface area contributed by atoms with Crippen LogP contribution in [0.25, 0.3) is 0 Å². The van der Waals surface area contributed by atoms with Crippen LogP contribution in [0.4, 0.5) is 0 Å². The lowest BCUT2D eigenvalue weighted by atomic mass is 9.99. The molecular formula is C14H20N2O2. The number of nitrogens with one attached hydrogen (secondary N) is 1. The fraction of sp³-hybridized carbons (Fsp3) is 0.500. The van der Waals surface area contributed by atoms with E-state index in [4.69, 9.17) is 5.11 Å². The van der Waals surface area contributed by atoms with Gasteiger partial charge in [0.25, 0.3) is 0 Å². The predicted molar refractivity (Wildman–Crippen MR) is 70.3 cm³/mol. The van der Waals surface area contributed by atoms with Gasteiger partial charge in [-0.05, 0) is 31.5 Å². The molecule has 1 saturated heterocycles. The minimum absolute atomic E-state index is 0.205. The molecule has 1 aromatic carbocycles. The van der Waals surface area contributed by atoms with Crippen molar-refractivity contribution < 1.29 is 9.90 Å². The molecule has 2 N–H and O–H groups in total. The number of aliphatic carboxylic acids is 1. The van der Waals surface area contributed by atoms with Gasteiger partial charge in [-0.3, -0.25) is 9.69 Å². The molecule has 0 saturated carbocycles. The lowest BCUT2D eigenvalue weighted by Crippen LogP contribution is -2.41. The molecule has 0 spiro atoms. The zero-order chi connectivity index (χ0) is 13.0. The molecule has 2 atom stereocenters. The predicted octanol–water partition coefficient (Wildman–Crippen LogP) is 1.18. The number of likely N-dealkylation sites (tertiary alicyclic amines) is 1. The molecule has 1 heterocycles. The maximum Gasteiger partial charge on any atom is 0.321 e. The van der Waals surface area contributed by atoms with Crippen molar-refractivity contribution >= 4 is 5.97 Å². The maximum absolute atomic E-state index is 11.1. The van der Waals surface area contributed by atoms with Gasteiger partial charge in [-0.2, -0.15) is 0 Å². The first-order valence-electron chi connectivity index (χ1n) is 6.37. The number of carboxylic acid groups (broad SMARTS) is 1. The Morgan fingerprint density at radius 3 is 2.83 bits per heavy atom. The van der Waals surface area contributed by atoms with Crippen LogP contribution in [0.1, 0.15) is 12.0 Å². The van der Waals surface area contributed by atoms with E-state index in [-0.39, 0.29) is 5.92 Å². The zero-order valence-corrected chi connectivity index (χ0v) is 10.7. The lowest BCUT2D eigenvalue weighted by molar-refractivity contribution is -0.140. The highest BCUT2D eigenvalue weighted by molar-refractivity contribution is 5.73. The molecule has 1 aliphatic rings. The summed E-state index contributed by atoms with van der Waals surface area (Å²) in [4.78, 5) is 13.4. The van der Waals surface area contributed by atoms with Crippen molar-refractivity contribution in [3.63, 3.8) is 0 Å². The minimum atomic E-state index is -0.746. The first kappa shape index (κ1) is 13.1. The van der Waals surface area contributed by atoms with Gasteiger partial charge in [0.15, 0.2) is 0 Å². The molecule has 18 heavy (non-hydrogen) atoms. The first-order chi connectivity index (χ1) is 8.70. The van der Waals surface area contributed by atoms with Crippen molar-refractivity contribution in [1.82, 2.24) is 10.2 Å². The highest BCUT2D eigenvalue weighted by Gasteiger charge is 2.32. The Bertz CT molecular complexity index is 394. The van der Waals surface area contributed by atoms with Gasteiger partial charge < -0.3 is 10.4 Å². The molecule has 1 aromatic rings. The number of rotatable bonds is 5. The summed E-state index contributed by atoms with van der Waals surface area (Å²) in [6.07, 6.45) is 0.949. The summed E-state index contributed by atoms with van der Waals surface area (Å²) in [7, 11) is 1.72. The number of likely N-dealkylation sites (N-methyl/N-ethyl adjacent to an activating group) is 1. The third-order valence-corrected chi connectivity index (χ3v) is 3.61. The SMILES string of the molecule is CNC(C(=O)O)C1CCN(Cc2ccccc2)C1. The van der Waals surface area contributed by atoms with Crippen molar-refractivity contribution in [1.29, 1.82) is 0 Å². The number of carboxylic acids is 1. The largest absolute Gasteiger partial charge is 0.480 e. The summed E-state index contributed by atoms with van der Waals surface area (Å²) in [5, 5.41) is 12.0. The Balaban J connectivity index is 1.90. The van der Waals surface area contributed by atoms with E-state index in [1.54, 1.807) is 7.05 Å². The number of hydrogen-bond donors (Lipinski definition) is 2. The van der Waals surface area contributed by atoms with Crippen molar-refractivity contribution in [3.8, 4) is 0 Å². The smallest absolute Gasteiger partial charge is 0.321 e. The summed E-state index contributed by atoms with van der Waals surface area (Å²) < 4.78 is 0. The number of carbonyl (C=O) groups is 1. The Morgan fingerprint density at radius 1 is 1.50 bits per heavy atom. The molecule has 2 unspecified atom stereocenters. The van der Waals surface area contributed by atoms with E-state index >= 15 is 0 Å². The Morgan fingerprint density at radius 2 is 2.22 bits per heavy atom. The van der Waals surface area contributed by atoms with E-state index in [1.807, 2.05) is 18.2 Å². The van der Waals surface area contributed by atoms with E-state index in [9.17, 15) is 4.79 Å². The van der Waals surface area contributed by atoms with E-state index in [0.29, 0.717) is 0 Å². The molecule has 1 aliphatic heterocycles. The number of nitrogens with zero attached hydrogens (tertiary/aromatic N) is 1. The minimum Gasteiger partial charge on any atom is -0.480 e. The van der Waals surface area contributed by atoms with Crippen LogP contribution in [0.2, 0.25) is 0 Å². The normalized spacial score (nSPS) is 21.9. The molecule has 1 fully saturated rings. The van der Waals surface area contributed by atoms with Crippen LogP contribution in [-0.2, 0) is 11.3 Å². The third kappa shape index (κ3) is 3.09. The second-order valence-corrected chi connectivity index (χ2v) is 4.87. The molecule has 2 rings (SSSR count). The highest BCUT2D eigenvalue weighted by Crippen LogP contribution is 2.21. The topological polar surface area (TPSA) is 52.6 Å². The number of benzene rings is 1. The van der Waals surface area contributed by atoms with Crippen molar-refractivity contribution in [2.24, 2.45) is 5.92 Å². The molecular weight excluding hydrogens is 228 g/mol. The monoisotopic (exact) mass is 248 g/mol. The van der Waals surface area contributed by atoms with E-state index < -0.39 is 12.0 Å². The van der Waals surface area contributed by atoms with Crippen LogP contribution in [0.15, 0.2) is 30.3 Å². The second kappa shape index (κ2) is 5.98. The van der Waals surface area contributed by atoms with Gasteiger partial charge in [-0.25, -0.2) is 0 Å². The van der Waals surface area contributed by atoms with E-state index in [2.05, 4.69) is 22.3 Å². The van der Waals surface area contributed by atoms with Crippen LogP contribution in [-0.4, -0.2) is 42.2 Å². The summed E-state index contributed by atoms with van der Waals surface area (Å²) in [5.74, 6) is -0.541. The van der Waals surface area contributed by atoms with Crippen LogP contribution in [0.5, 0.6) is 0 Å². The summed E-state index contributed by atoms with van der Waals surface area (Å²) in [6.45, 7) is 2.74. The Hall–Kier alpha value is -1.39. The highest BCUT2D eigenvalue weighted by atomic mass is 16.4. The van der Waals surface area contributed by atoms with Gasteiger partial charge >= 0.3 is 5.97 Å². The molecule has 4 nitrogen and oxygen atoms in total. The van der Waals surface area contributed by atoms with E-state index in [1.165, 1.54) is 5.56 Å². The van der Waals surface area contributed by atoms with Gasteiger partial charge in [0.2, 0.25) is 0 Å². The summed E-state index contributed by atoms with van der Waals surface area (Å²) >= 11 is 0. The Labute approximate surface area is 108 Å². The van der Waals surface area contributed by atoms with Crippen molar-refractivity contribution in [2.45, 2.75) is 19.0 Å². The molecule has 0 amide bonds. The molecule has 0 aromatic heterocycles. The van der Waals surface area contributed by atoms with E-state index in [0.717, 1.165) is 26.1 Å². The Kier molecular flexibility index (Phi) is 4.33. The second-order valence-electron chi connectivity index (χ2n) is 4.87. The molecule has 0 aliphatic carbocycles. The van der Waals surface area contributed by atoms with Gasteiger partial charge in [0.1, 0.15) is 6.04 Å². The van der Waals surface area contributed by atoms with Gasteiger partial charge in [-0.15, -0.1) is 0 Å². The molecule has 98 valence electrons. The lowest BCUT2D eigenvalue weighted by Gasteiger charge is -2.20. The average Bonchev–Trinajstić information content (AvgIpc) is 2.79. The zero-order valence-electron chi connectivity index (χ0n) is 10.7. The first-order valence-corrected chi connectivity index (χ1v) is 6.37. The van der Waals surface area contributed by atoms with Crippen LogP contribution < -0.4 is 5.32 Å². The fourth-order valence-corrected chi connectivity index (χ4v) is 2.68. The van der Waals surface area contributed by atoms with Crippen LogP contribution in [0.3, 0.4) is 0 Å². The standard InChI is InChI=1S/C14H20N2O2/c1-15-13(14(17)18)12-7-8-16(10-12)9-11-5-3-2-4-6-11/h2-6,12-13,15H,7-10H2,1H3,(H,17,18). The molecule has 0 radical (unpaired) electrons. The van der Waals surface area contributed by atoms with Gasteiger partial charge in [-0.1, -0.05) is 30.3 Å².